The van der Waals surface area contributed by atoms with E-state index < -0.39 is 5.60 Å². The third-order valence-corrected chi connectivity index (χ3v) is 4.52. The molecule has 1 unspecified atom stereocenters. The van der Waals surface area contributed by atoms with E-state index in [1.165, 1.54) is 16.7 Å². The Morgan fingerprint density at radius 3 is 2.47 bits per heavy atom. The van der Waals surface area contributed by atoms with Crippen LogP contribution in [0, 0.1) is 0 Å². The lowest BCUT2D eigenvalue weighted by molar-refractivity contribution is 0.0775. The van der Waals surface area contributed by atoms with Gasteiger partial charge in [0, 0.05) is 0 Å². The summed E-state index contributed by atoms with van der Waals surface area (Å²) >= 11 is 0. The maximum Gasteiger partial charge on any atom is 0.112 e. The molecule has 2 aliphatic rings. The van der Waals surface area contributed by atoms with Crippen LogP contribution >= 0.6 is 0 Å². The van der Waals surface area contributed by atoms with Gasteiger partial charge in [-0.1, -0.05) is 54.6 Å². The van der Waals surface area contributed by atoms with Crippen molar-refractivity contribution in [1.29, 1.82) is 0 Å². The Labute approximate surface area is 113 Å². The van der Waals surface area contributed by atoms with Gasteiger partial charge < -0.3 is 5.11 Å². The molecule has 0 bridgehead atoms. The van der Waals surface area contributed by atoms with Gasteiger partial charge in [0.25, 0.3) is 0 Å². The van der Waals surface area contributed by atoms with Crippen molar-refractivity contribution < 1.29 is 5.11 Å². The molecule has 94 valence electrons. The minimum absolute atomic E-state index is 0.754. The van der Waals surface area contributed by atoms with E-state index in [4.69, 9.17) is 0 Å². The number of benzene rings is 2. The molecule has 0 saturated heterocycles. The first kappa shape index (κ1) is 11.0. The summed E-state index contributed by atoms with van der Waals surface area (Å²) in [4.78, 5) is 0. The Bertz CT molecular complexity index is 684. The fraction of sp³-hybridized carbons (Fsp3) is 0.222. The predicted octanol–water partition coefficient (Wildman–Crippen LogP) is 3.46. The van der Waals surface area contributed by atoms with Crippen molar-refractivity contribution in [2.75, 3.05) is 0 Å². The zero-order valence-corrected chi connectivity index (χ0v) is 10.8. The molecule has 2 aromatic carbocycles. The molecule has 0 fully saturated rings. The molecule has 19 heavy (non-hydrogen) atoms. The molecule has 0 amide bonds. The second kappa shape index (κ2) is 3.82. The van der Waals surface area contributed by atoms with Crippen molar-refractivity contribution >= 4 is 6.08 Å². The molecule has 2 aromatic rings. The maximum atomic E-state index is 11.1. The van der Waals surface area contributed by atoms with Gasteiger partial charge in [0.15, 0.2) is 0 Å². The van der Waals surface area contributed by atoms with Crippen LogP contribution in [0.25, 0.3) is 6.08 Å². The van der Waals surface area contributed by atoms with E-state index in [0.717, 1.165) is 30.4 Å². The predicted molar refractivity (Wildman–Crippen MR) is 76.8 cm³/mol. The van der Waals surface area contributed by atoms with Crippen molar-refractivity contribution in [3.8, 4) is 0 Å². The highest BCUT2D eigenvalue weighted by Crippen LogP contribution is 2.46. The van der Waals surface area contributed by atoms with Gasteiger partial charge in [-0.25, -0.2) is 0 Å². The Kier molecular flexibility index (Phi) is 2.21. The molecular weight excluding hydrogens is 232 g/mol. The Balaban J connectivity index is 1.80. The zero-order valence-electron chi connectivity index (χ0n) is 10.8. The van der Waals surface area contributed by atoms with Crippen molar-refractivity contribution in [1.82, 2.24) is 0 Å². The number of hydrogen-bond donors (Lipinski definition) is 1. The van der Waals surface area contributed by atoms with E-state index in [2.05, 4.69) is 48.5 Å². The highest BCUT2D eigenvalue weighted by atomic mass is 16.3. The fourth-order valence-electron chi connectivity index (χ4n) is 3.47. The largest absolute Gasteiger partial charge is 0.381 e. The van der Waals surface area contributed by atoms with Gasteiger partial charge in [-0.2, -0.15) is 0 Å². The lowest BCUT2D eigenvalue weighted by atomic mass is 9.86. The van der Waals surface area contributed by atoms with Crippen LogP contribution in [0.3, 0.4) is 0 Å². The van der Waals surface area contributed by atoms with E-state index >= 15 is 0 Å². The molecule has 0 aliphatic heterocycles. The van der Waals surface area contributed by atoms with Gasteiger partial charge in [-0.3, -0.25) is 0 Å². The van der Waals surface area contributed by atoms with Gasteiger partial charge in [0.1, 0.15) is 5.60 Å². The number of hydrogen-bond acceptors (Lipinski definition) is 1. The molecular formula is C18H16O. The van der Waals surface area contributed by atoms with E-state index in [1.807, 2.05) is 6.07 Å². The van der Waals surface area contributed by atoms with Gasteiger partial charge in [-0.15, -0.1) is 0 Å². The van der Waals surface area contributed by atoms with Crippen LogP contribution in [0.1, 0.15) is 28.7 Å². The van der Waals surface area contributed by atoms with E-state index in [-0.39, 0.29) is 0 Å². The highest BCUT2D eigenvalue weighted by Gasteiger charge is 2.40. The SMILES string of the molecule is OC1(C2=Cc3ccccc3C2)CCc2ccccc21. The number of aliphatic hydroxyl groups is 1. The number of aryl methyl sites for hydroxylation is 1. The number of fused-ring (bicyclic) bond motifs is 2. The van der Waals surface area contributed by atoms with Crippen molar-refractivity contribution in [3.05, 3.63) is 76.4 Å². The van der Waals surface area contributed by atoms with Crippen LogP contribution in [0.5, 0.6) is 0 Å². The average Bonchev–Trinajstić information content (AvgIpc) is 3.02. The average molecular weight is 248 g/mol. The fourth-order valence-corrected chi connectivity index (χ4v) is 3.47. The summed E-state index contributed by atoms with van der Waals surface area (Å²) < 4.78 is 0. The molecule has 2 aliphatic carbocycles. The van der Waals surface area contributed by atoms with Gasteiger partial charge in [0.05, 0.1) is 0 Å². The first-order valence-corrected chi connectivity index (χ1v) is 6.87. The van der Waals surface area contributed by atoms with Crippen LogP contribution in [0.15, 0.2) is 54.1 Å². The summed E-state index contributed by atoms with van der Waals surface area (Å²) in [6.07, 6.45) is 4.84. The molecule has 4 rings (SSSR count). The standard InChI is InChI=1S/C18H16O/c19-18(10-9-13-5-3-4-8-17(13)18)16-11-14-6-1-2-7-15(14)12-16/h1-8,11,19H,9-10,12H2. The summed E-state index contributed by atoms with van der Waals surface area (Å²) in [6, 6.07) is 16.7. The van der Waals surface area contributed by atoms with Gasteiger partial charge >= 0.3 is 0 Å². The first-order valence-electron chi connectivity index (χ1n) is 6.87. The van der Waals surface area contributed by atoms with E-state index in [0.29, 0.717) is 0 Å². The third-order valence-electron chi connectivity index (χ3n) is 4.52. The van der Waals surface area contributed by atoms with Gasteiger partial charge in [0.2, 0.25) is 0 Å². The Morgan fingerprint density at radius 2 is 1.63 bits per heavy atom. The smallest absolute Gasteiger partial charge is 0.112 e. The summed E-state index contributed by atoms with van der Waals surface area (Å²) in [6.45, 7) is 0. The van der Waals surface area contributed by atoms with Crippen LogP contribution < -0.4 is 0 Å². The maximum absolute atomic E-state index is 11.1. The van der Waals surface area contributed by atoms with Crippen LogP contribution in [-0.4, -0.2) is 5.11 Å². The topological polar surface area (TPSA) is 20.2 Å². The van der Waals surface area contributed by atoms with Crippen LogP contribution in [0.2, 0.25) is 0 Å². The quantitative estimate of drug-likeness (QED) is 0.819. The molecule has 1 heteroatoms. The molecule has 1 atom stereocenters. The zero-order chi connectivity index (χ0) is 12.9. The van der Waals surface area contributed by atoms with E-state index in [1.54, 1.807) is 0 Å². The minimum atomic E-state index is -0.754. The second-order valence-electron chi connectivity index (χ2n) is 5.56. The van der Waals surface area contributed by atoms with Crippen molar-refractivity contribution in [2.24, 2.45) is 0 Å². The molecule has 0 heterocycles. The number of rotatable bonds is 1. The van der Waals surface area contributed by atoms with Crippen molar-refractivity contribution in [2.45, 2.75) is 24.9 Å². The summed E-state index contributed by atoms with van der Waals surface area (Å²) in [5.74, 6) is 0. The monoisotopic (exact) mass is 248 g/mol. The summed E-state index contributed by atoms with van der Waals surface area (Å²) in [5, 5.41) is 11.1. The van der Waals surface area contributed by atoms with Crippen molar-refractivity contribution in [3.63, 3.8) is 0 Å². The molecule has 1 nitrogen and oxygen atoms in total. The molecule has 0 aromatic heterocycles. The molecule has 0 saturated carbocycles. The van der Waals surface area contributed by atoms with Crippen LogP contribution in [0.4, 0.5) is 0 Å². The van der Waals surface area contributed by atoms with E-state index in [9.17, 15) is 5.11 Å². The highest BCUT2D eigenvalue weighted by molar-refractivity contribution is 5.67. The lowest BCUT2D eigenvalue weighted by Gasteiger charge is -2.26. The Hall–Kier alpha value is -1.86. The minimum Gasteiger partial charge on any atom is -0.381 e. The molecule has 0 radical (unpaired) electrons. The molecule has 1 N–H and O–H groups in total. The lowest BCUT2D eigenvalue weighted by Crippen LogP contribution is -2.25. The molecule has 0 spiro atoms. The van der Waals surface area contributed by atoms with Crippen LogP contribution in [-0.2, 0) is 18.4 Å². The first-order chi connectivity index (χ1) is 9.27. The summed E-state index contributed by atoms with van der Waals surface area (Å²) in [5.41, 5.74) is 5.38. The normalized spacial score (nSPS) is 23.9. The third kappa shape index (κ3) is 1.52. The summed E-state index contributed by atoms with van der Waals surface area (Å²) in [7, 11) is 0. The second-order valence-corrected chi connectivity index (χ2v) is 5.56. The Morgan fingerprint density at radius 1 is 0.895 bits per heavy atom. The van der Waals surface area contributed by atoms with Gasteiger partial charge in [-0.05, 0) is 47.1 Å².